The Morgan fingerprint density at radius 2 is 2.37 bits per heavy atom. The van der Waals surface area contributed by atoms with Crippen LogP contribution < -0.4 is 11.1 Å². The van der Waals surface area contributed by atoms with Gasteiger partial charge in [0.05, 0.1) is 0 Å². The normalized spacial score (nSPS) is 12.1. The SMILES string of the molecule is CC(Cc1ccsc1)NC(=O)c1cc(N)nc(Cl)c1. The molecule has 0 aliphatic heterocycles. The average Bonchev–Trinajstić information content (AvgIpc) is 2.80. The second-order valence-electron chi connectivity index (χ2n) is 4.31. The largest absolute Gasteiger partial charge is 0.384 e. The Bertz CT molecular complexity index is 551. The van der Waals surface area contributed by atoms with Crippen molar-refractivity contribution in [2.24, 2.45) is 0 Å². The van der Waals surface area contributed by atoms with Crippen LogP contribution in [0.4, 0.5) is 5.82 Å². The van der Waals surface area contributed by atoms with Crippen LogP contribution in [-0.2, 0) is 6.42 Å². The number of thiophene rings is 1. The van der Waals surface area contributed by atoms with Crippen molar-refractivity contribution in [2.75, 3.05) is 5.73 Å². The number of nitrogens with two attached hydrogens (primary N) is 1. The van der Waals surface area contributed by atoms with E-state index in [1.54, 1.807) is 11.3 Å². The standard InChI is InChI=1S/C13H14ClN3OS/c1-8(4-9-2-3-19-7-9)16-13(18)10-5-11(14)17-12(15)6-10/h2-3,5-8H,4H2,1H3,(H2,15,17)(H,16,18). The van der Waals surface area contributed by atoms with Crippen molar-refractivity contribution in [3.63, 3.8) is 0 Å². The maximum atomic E-state index is 12.0. The number of carbonyl (C=O) groups is 1. The van der Waals surface area contributed by atoms with E-state index < -0.39 is 0 Å². The van der Waals surface area contributed by atoms with E-state index in [-0.39, 0.29) is 22.9 Å². The van der Waals surface area contributed by atoms with Crippen molar-refractivity contribution in [1.82, 2.24) is 10.3 Å². The Kier molecular flexibility index (Phi) is 4.39. The molecular formula is C13H14ClN3OS. The fourth-order valence-corrected chi connectivity index (χ4v) is 2.67. The Morgan fingerprint density at radius 1 is 1.58 bits per heavy atom. The van der Waals surface area contributed by atoms with E-state index in [0.717, 1.165) is 6.42 Å². The molecule has 2 rings (SSSR count). The molecule has 1 atom stereocenters. The van der Waals surface area contributed by atoms with Crippen LogP contribution in [0, 0.1) is 0 Å². The summed E-state index contributed by atoms with van der Waals surface area (Å²) < 4.78 is 0. The Hall–Kier alpha value is -1.59. The maximum Gasteiger partial charge on any atom is 0.251 e. The molecule has 1 amide bonds. The number of hydrogen-bond donors (Lipinski definition) is 2. The fraction of sp³-hybridized carbons (Fsp3) is 0.231. The monoisotopic (exact) mass is 295 g/mol. The van der Waals surface area contributed by atoms with Gasteiger partial charge in [0.2, 0.25) is 0 Å². The molecule has 0 aliphatic rings. The molecule has 6 heteroatoms. The quantitative estimate of drug-likeness (QED) is 0.852. The van der Waals surface area contributed by atoms with Crippen molar-refractivity contribution in [3.8, 4) is 0 Å². The van der Waals surface area contributed by atoms with Gasteiger partial charge in [-0.15, -0.1) is 0 Å². The lowest BCUT2D eigenvalue weighted by molar-refractivity contribution is 0.0940. The van der Waals surface area contributed by atoms with Crippen molar-refractivity contribution < 1.29 is 4.79 Å². The van der Waals surface area contributed by atoms with Crippen LogP contribution in [0.3, 0.4) is 0 Å². The molecule has 2 aromatic rings. The number of amides is 1. The van der Waals surface area contributed by atoms with Crippen LogP contribution in [0.5, 0.6) is 0 Å². The molecule has 0 bridgehead atoms. The molecule has 0 saturated heterocycles. The van der Waals surface area contributed by atoms with E-state index >= 15 is 0 Å². The molecule has 0 fully saturated rings. The van der Waals surface area contributed by atoms with Gasteiger partial charge >= 0.3 is 0 Å². The third-order valence-electron chi connectivity index (χ3n) is 2.58. The number of hydrogen-bond acceptors (Lipinski definition) is 4. The summed E-state index contributed by atoms with van der Waals surface area (Å²) in [5.41, 5.74) is 7.20. The maximum absolute atomic E-state index is 12.0. The molecule has 100 valence electrons. The van der Waals surface area contributed by atoms with Gasteiger partial charge in [0, 0.05) is 11.6 Å². The summed E-state index contributed by atoms with van der Waals surface area (Å²) in [6, 6.07) is 5.10. The van der Waals surface area contributed by atoms with Crippen LogP contribution in [0.2, 0.25) is 5.15 Å². The minimum atomic E-state index is -0.196. The first-order valence-corrected chi connectivity index (χ1v) is 7.11. The molecule has 3 N–H and O–H groups in total. The van der Waals surface area contributed by atoms with Crippen LogP contribution >= 0.6 is 22.9 Å². The van der Waals surface area contributed by atoms with Gasteiger partial charge in [0.15, 0.2) is 0 Å². The zero-order valence-electron chi connectivity index (χ0n) is 10.4. The van der Waals surface area contributed by atoms with Crippen LogP contribution in [0.1, 0.15) is 22.8 Å². The van der Waals surface area contributed by atoms with Crippen molar-refractivity contribution in [3.05, 3.63) is 45.2 Å². The van der Waals surface area contributed by atoms with Crippen molar-refractivity contribution in [2.45, 2.75) is 19.4 Å². The zero-order valence-corrected chi connectivity index (χ0v) is 12.0. The van der Waals surface area contributed by atoms with Gasteiger partial charge in [0.25, 0.3) is 5.91 Å². The van der Waals surface area contributed by atoms with Gasteiger partial charge < -0.3 is 11.1 Å². The summed E-state index contributed by atoms with van der Waals surface area (Å²) >= 11 is 7.42. The van der Waals surface area contributed by atoms with Gasteiger partial charge in [-0.25, -0.2) is 4.98 Å². The number of nitrogens with zero attached hydrogens (tertiary/aromatic N) is 1. The van der Waals surface area contributed by atoms with Gasteiger partial charge in [-0.1, -0.05) is 11.6 Å². The van der Waals surface area contributed by atoms with E-state index in [0.29, 0.717) is 5.56 Å². The molecule has 1 unspecified atom stereocenters. The summed E-state index contributed by atoms with van der Waals surface area (Å²) in [6.45, 7) is 1.96. The number of pyridine rings is 1. The first kappa shape index (κ1) is 13.8. The number of carbonyl (C=O) groups excluding carboxylic acids is 1. The minimum Gasteiger partial charge on any atom is -0.384 e. The molecule has 19 heavy (non-hydrogen) atoms. The first-order chi connectivity index (χ1) is 9.04. The highest BCUT2D eigenvalue weighted by Crippen LogP contribution is 2.13. The van der Waals surface area contributed by atoms with Gasteiger partial charge in [-0.05, 0) is 47.9 Å². The highest BCUT2D eigenvalue weighted by atomic mass is 35.5. The highest BCUT2D eigenvalue weighted by Gasteiger charge is 2.12. The number of anilines is 1. The lowest BCUT2D eigenvalue weighted by Crippen LogP contribution is -2.34. The number of aromatic nitrogens is 1. The summed E-state index contributed by atoms with van der Waals surface area (Å²) in [6.07, 6.45) is 0.795. The van der Waals surface area contributed by atoms with E-state index in [4.69, 9.17) is 17.3 Å². The summed E-state index contributed by atoms with van der Waals surface area (Å²) in [5, 5.41) is 7.23. The van der Waals surface area contributed by atoms with Crippen LogP contribution in [0.25, 0.3) is 0 Å². The van der Waals surface area contributed by atoms with E-state index in [1.807, 2.05) is 12.3 Å². The molecule has 0 spiro atoms. The topological polar surface area (TPSA) is 68.0 Å². The highest BCUT2D eigenvalue weighted by molar-refractivity contribution is 7.07. The predicted octanol–water partition coefficient (Wildman–Crippen LogP) is 2.74. The third-order valence-corrected chi connectivity index (χ3v) is 3.50. The lowest BCUT2D eigenvalue weighted by atomic mass is 10.1. The second kappa shape index (κ2) is 6.04. The summed E-state index contributed by atoms with van der Waals surface area (Å²) in [7, 11) is 0. The van der Waals surface area contributed by atoms with E-state index in [9.17, 15) is 4.79 Å². The Morgan fingerprint density at radius 3 is 3.00 bits per heavy atom. The lowest BCUT2D eigenvalue weighted by Gasteiger charge is -2.13. The van der Waals surface area contributed by atoms with Gasteiger partial charge in [0.1, 0.15) is 11.0 Å². The molecule has 2 heterocycles. The van der Waals surface area contributed by atoms with Crippen molar-refractivity contribution >= 4 is 34.7 Å². The molecular weight excluding hydrogens is 282 g/mol. The smallest absolute Gasteiger partial charge is 0.251 e. The van der Waals surface area contributed by atoms with Gasteiger partial charge in [-0.3, -0.25) is 4.79 Å². The molecule has 0 radical (unpaired) electrons. The van der Waals surface area contributed by atoms with Crippen molar-refractivity contribution in [1.29, 1.82) is 0 Å². The number of rotatable bonds is 4. The molecule has 2 aromatic heterocycles. The van der Waals surface area contributed by atoms with Crippen LogP contribution in [-0.4, -0.2) is 16.9 Å². The molecule has 4 nitrogen and oxygen atoms in total. The Labute approximate surface area is 120 Å². The number of halogens is 1. The zero-order chi connectivity index (χ0) is 13.8. The minimum absolute atomic E-state index is 0.0373. The van der Waals surface area contributed by atoms with E-state index in [2.05, 4.69) is 21.7 Å². The average molecular weight is 296 g/mol. The molecule has 0 aromatic carbocycles. The Balaban J connectivity index is 2.00. The fourth-order valence-electron chi connectivity index (χ4n) is 1.77. The number of nitrogen functional groups attached to an aromatic ring is 1. The first-order valence-electron chi connectivity index (χ1n) is 5.79. The van der Waals surface area contributed by atoms with E-state index in [1.165, 1.54) is 17.7 Å². The predicted molar refractivity (Wildman–Crippen MR) is 78.6 cm³/mol. The molecule has 0 saturated carbocycles. The van der Waals surface area contributed by atoms with Crippen LogP contribution in [0.15, 0.2) is 29.0 Å². The third kappa shape index (κ3) is 3.94. The summed E-state index contributed by atoms with van der Waals surface area (Å²) in [4.78, 5) is 15.9. The molecule has 0 aliphatic carbocycles. The number of nitrogens with one attached hydrogen (secondary N) is 1. The second-order valence-corrected chi connectivity index (χ2v) is 5.48. The van der Waals surface area contributed by atoms with Gasteiger partial charge in [-0.2, -0.15) is 11.3 Å². The summed E-state index contributed by atoms with van der Waals surface area (Å²) in [5.74, 6) is 0.0434.